The highest BCUT2D eigenvalue weighted by Gasteiger charge is 2.19. The van der Waals surface area contributed by atoms with Crippen LogP contribution in [-0.2, 0) is 4.79 Å². The molecule has 1 atom stereocenters. The van der Waals surface area contributed by atoms with E-state index in [0.717, 1.165) is 11.1 Å². The second kappa shape index (κ2) is 9.94. The van der Waals surface area contributed by atoms with Crippen molar-refractivity contribution in [1.29, 1.82) is 0 Å². The molecule has 0 radical (unpaired) electrons. The topological polar surface area (TPSA) is 71.3 Å². The minimum absolute atomic E-state index is 0.128. The maximum Gasteiger partial charge on any atom is 0.268 e. The Morgan fingerprint density at radius 1 is 1.00 bits per heavy atom. The van der Waals surface area contributed by atoms with Gasteiger partial charge in [0.05, 0.1) is 12.3 Å². The number of nitrogens with one attached hydrogen (secondary N) is 2. The number of rotatable bonds is 7. The van der Waals surface area contributed by atoms with E-state index < -0.39 is 0 Å². The molecule has 0 saturated carbocycles. The second-order valence-corrected chi connectivity index (χ2v) is 7.67. The van der Waals surface area contributed by atoms with Gasteiger partial charge in [0.15, 0.2) is 0 Å². The number of benzene rings is 2. The minimum atomic E-state index is -0.373. The van der Waals surface area contributed by atoms with Crippen molar-refractivity contribution in [1.82, 2.24) is 10.6 Å². The van der Waals surface area contributed by atoms with E-state index in [4.69, 9.17) is 4.42 Å². The van der Waals surface area contributed by atoms with Crippen LogP contribution in [0.2, 0.25) is 0 Å². The van der Waals surface area contributed by atoms with Crippen LogP contribution < -0.4 is 10.6 Å². The van der Waals surface area contributed by atoms with E-state index in [2.05, 4.69) is 36.6 Å². The Balaban J connectivity index is 1.84. The van der Waals surface area contributed by atoms with Crippen LogP contribution in [0.1, 0.15) is 57.8 Å². The first-order valence-corrected chi connectivity index (χ1v) is 10.4. The molecule has 0 fully saturated rings. The maximum absolute atomic E-state index is 13.1. The summed E-state index contributed by atoms with van der Waals surface area (Å²) in [5.74, 6) is -0.247. The van der Waals surface area contributed by atoms with E-state index >= 15 is 0 Å². The highest BCUT2D eigenvalue weighted by Crippen LogP contribution is 2.20. The molecule has 0 aliphatic carbocycles. The zero-order chi connectivity index (χ0) is 22.4. The Morgan fingerprint density at radius 2 is 1.74 bits per heavy atom. The Labute approximate surface area is 183 Å². The second-order valence-electron chi connectivity index (χ2n) is 7.67. The summed E-state index contributed by atoms with van der Waals surface area (Å²) >= 11 is 0. The molecule has 160 valence electrons. The van der Waals surface area contributed by atoms with Crippen LogP contribution in [0.4, 0.5) is 0 Å². The molecule has 0 saturated heterocycles. The molecule has 0 unspecified atom stereocenters. The third kappa shape index (κ3) is 5.72. The van der Waals surface area contributed by atoms with Crippen LogP contribution in [0.5, 0.6) is 0 Å². The average Bonchev–Trinajstić information content (AvgIpc) is 3.27. The largest absolute Gasteiger partial charge is 0.465 e. The third-order valence-corrected chi connectivity index (χ3v) is 5.28. The van der Waals surface area contributed by atoms with Crippen LogP contribution in [0.3, 0.4) is 0 Å². The molecule has 2 amide bonds. The van der Waals surface area contributed by atoms with Crippen molar-refractivity contribution in [2.45, 2.75) is 40.2 Å². The van der Waals surface area contributed by atoms with Gasteiger partial charge in [-0.05, 0) is 68.1 Å². The van der Waals surface area contributed by atoms with E-state index in [9.17, 15) is 9.59 Å². The summed E-state index contributed by atoms with van der Waals surface area (Å²) in [6.07, 6.45) is 3.77. The van der Waals surface area contributed by atoms with Gasteiger partial charge in [0.1, 0.15) is 11.5 Å². The maximum atomic E-state index is 13.1. The molecular weight excluding hydrogens is 388 g/mol. The molecule has 1 aromatic heterocycles. The molecule has 31 heavy (non-hydrogen) atoms. The Hall–Kier alpha value is -3.60. The molecule has 1 heterocycles. The number of amides is 2. The molecule has 3 aromatic rings. The first kappa shape index (κ1) is 22.1. The molecule has 0 bridgehead atoms. The van der Waals surface area contributed by atoms with Crippen molar-refractivity contribution < 1.29 is 14.0 Å². The standard InChI is InChI=1S/C26H28N2O3/c1-5-23(21-13-10-18(3)19(4)15-21)27-26(30)24(16-22-7-6-14-31-22)28-25(29)20-11-8-17(2)9-12-20/h6-16,23H,5H2,1-4H3,(H,27,30)(H,28,29)/b24-16-/t23-/m1/s1. The normalized spacial score (nSPS) is 12.3. The average molecular weight is 417 g/mol. The lowest BCUT2D eigenvalue weighted by atomic mass is 9.99. The monoisotopic (exact) mass is 416 g/mol. The van der Waals surface area contributed by atoms with Crippen molar-refractivity contribution in [3.8, 4) is 0 Å². The van der Waals surface area contributed by atoms with Crippen LogP contribution >= 0.6 is 0 Å². The number of aryl methyl sites for hydroxylation is 3. The zero-order valence-electron chi connectivity index (χ0n) is 18.4. The Morgan fingerprint density at radius 3 is 2.35 bits per heavy atom. The van der Waals surface area contributed by atoms with E-state index in [1.807, 2.05) is 32.0 Å². The lowest BCUT2D eigenvalue weighted by Crippen LogP contribution is -2.36. The predicted octanol–water partition coefficient (Wildman–Crippen LogP) is 5.24. The van der Waals surface area contributed by atoms with Gasteiger partial charge in [-0.2, -0.15) is 0 Å². The van der Waals surface area contributed by atoms with Gasteiger partial charge in [0.2, 0.25) is 0 Å². The van der Waals surface area contributed by atoms with Gasteiger partial charge in [-0.1, -0.05) is 42.8 Å². The molecule has 0 aliphatic heterocycles. The predicted molar refractivity (Wildman–Crippen MR) is 122 cm³/mol. The van der Waals surface area contributed by atoms with Gasteiger partial charge in [0, 0.05) is 11.6 Å². The van der Waals surface area contributed by atoms with E-state index in [-0.39, 0.29) is 23.6 Å². The highest BCUT2D eigenvalue weighted by molar-refractivity contribution is 6.05. The minimum Gasteiger partial charge on any atom is -0.465 e. The fraction of sp³-hybridized carbons (Fsp3) is 0.231. The zero-order valence-corrected chi connectivity index (χ0v) is 18.4. The number of hydrogen-bond donors (Lipinski definition) is 2. The molecule has 2 N–H and O–H groups in total. The van der Waals surface area contributed by atoms with Crippen LogP contribution in [0, 0.1) is 20.8 Å². The summed E-state index contributed by atoms with van der Waals surface area (Å²) < 4.78 is 5.35. The lowest BCUT2D eigenvalue weighted by Gasteiger charge is -2.20. The molecule has 5 nitrogen and oxygen atoms in total. The van der Waals surface area contributed by atoms with Crippen molar-refractivity contribution in [2.24, 2.45) is 0 Å². The molecule has 2 aromatic carbocycles. The van der Waals surface area contributed by atoms with Gasteiger partial charge in [0.25, 0.3) is 11.8 Å². The summed E-state index contributed by atoms with van der Waals surface area (Å²) in [6.45, 7) is 8.08. The molecule has 5 heteroatoms. The van der Waals surface area contributed by atoms with Gasteiger partial charge in [-0.3, -0.25) is 9.59 Å². The van der Waals surface area contributed by atoms with Crippen molar-refractivity contribution in [3.63, 3.8) is 0 Å². The van der Waals surface area contributed by atoms with Gasteiger partial charge in [-0.25, -0.2) is 0 Å². The van der Waals surface area contributed by atoms with Crippen molar-refractivity contribution >= 4 is 17.9 Å². The van der Waals surface area contributed by atoms with E-state index in [1.165, 1.54) is 23.5 Å². The number of carbonyl (C=O) groups is 2. The summed E-state index contributed by atoms with van der Waals surface area (Å²) in [7, 11) is 0. The SMILES string of the molecule is CC[C@@H](NC(=O)/C(=C/c1ccco1)NC(=O)c1ccc(C)cc1)c1ccc(C)c(C)c1. The van der Waals surface area contributed by atoms with Gasteiger partial charge < -0.3 is 15.1 Å². The van der Waals surface area contributed by atoms with E-state index in [0.29, 0.717) is 17.7 Å². The summed E-state index contributed by atoms with van der Waals surface area (Å²) in [4.78, 5) is 25.9. The Bertz CT molecular complexity index is 1080. The highest BCUT2D eigenvalue weighted by atomic mass is 16.3. The molecule has 0 spiro atoms. The van der Waals surface area contributed by atoms with Crippen LogP contribution in [0.25, 0.3) is 6.08 Å². The summed E-state index contributed by atoms with van der Waals surface area (Å²) in [5.41, 5.74) is 5.06. The number of hydrogen-bond acceptors (Lipinski definition) is 3. The molecule has 0 aliphatic rings. The smallest absolute Gasteiger partial charge is 0.268 e. The fourth-order valence-corrected chi connectivity index (χ4v) is 3.21. The van der Waals surface area contributed by atoms with Gasteiger partial charge in [-0.15, -0.1) is 0 Å². The quantitative estimate of drug-likeness (QED) is 0.517. The lowest BCUT2D eigenvalue weighted by molar-refractivity contribution is -0.118. The first-order valence-electron chi connectivity index (χ1n) is 10.4. The van der Waals surface area contributed by atoms with Crippen molar-refractivity contribution in [3.05, 3.63) is 100 Å². The van der Waals surface area contributed by atoms with E-state index in [1.54, 1.807) is 24.3 Å². The summed E-state index contributed by atoms with van der Waals surface area (Å²) in [5, 5.41) is 5.79. The third-order valence-electron chi connectivity index (χ3n) is 5.28. The van der Waals surface area contributed by atoms with Crippen LogP contribution in [0.15, 0.2) is 71.0 Å². The number of carbonyl (C=O) groups excluding carboxylic acids is 2. The molecule has 3 rings (SSSR count). The fourth-order valence-electron chi connectivity index (χ4n) is 3.21. The summed E-state index contributed by atoms with van der Waals surface area (Å²) in [6, 6.07) is 16.6. The van der Waals surface area contributed by atoms with Gasteiger partial charge >= 0.3 is 0 Å². The van der Waals surface area contributed by atoms with Crippen LogP contribution in [-0.4, -0.2) is 11.8 Å². The van der Waals surface area contributed by atoms with Crippen molar-refractivity contribution in [2.75, 3.05) is 0 Å². The first-order chi connectivity index (χ1) is 14.9. The Kier molecular flexibility index (Phi) is 7.08. The molecular formula is C26H28N2O3. The number of furan rings is 1.